The van der Waals surface area contributed by atoms with E-state index < -0.39 is 5.97 Å². The SMILES string of the molecule is CCCOc1c(I)cc(C=CC(=O)O)cc1OCC. The number of carbonyl (C=O) groups is 1. The molecule has 1 rings (SSSR count). The number of carboxylic acid groups (broad SMARTS) is 1. The lowest BCUT2D eigenvalue weighted by Gasteiger charge is -2.14. The zero-order valence-electron chi connectivity index (χ0n) is 11.0. The van der Waals surface area contributed by atoms with Crippen LogP contribution in [-0.2, 0) is 4.79 Å². The van der Waals surface area contributed by atoms with E-state index >= 15 is 0 Å². The van der Waals surface area contributed by atoms with Gasteiger partial charge < -0.3 is 14.6 Å². The zero-order chi connectivity index (χ0) is 14.3. The van der Waals surface area contributed by atoms with Gasteiger partial charge in [0.15, 0.2) is 11.5 Å². The molecular weight excluding hydrogens is 359 g/mol. The Balaban J connectivity index is 3.08. The van der Waals surface area contributed by atoms with Crippen LogP contribution in [0, 0.1) is 3.57 Å². The molecule has 0 aromatic heterocycles. The quantitative estimate of drug-likeness (QED) is 0.584. The van der Waals surface area contributed by atoms with Crippen LogP contribution in [0.2, 0.25) is 0 Å². The predicted octanol–water partition coefficient (Wildman–Crippen LogP) is 3.58. The Bertz CT molecular complexity index is 469. The molecule has 0 radical (unpaired) electrons. The summed E-state index contributed by atoms with van der Waals surface area (Å²) in [5.74, 6) is 0.393. The van der Waals surface area contributed by atoms with Crippen LogP contribution in [0.3, 0.4) is 0 Å². The topological polar surface area (TPSA) is 55.8 Å². The van der Waals surface area contributed by atoms with E-state index in [1.165, 1.54) is 6.08 Å². The molecule has 1 aromatic rings. The van der Waals surface area contributed by atoms with E-state index in [0.717, 1.165) is 27.4 Å². The molecule has 0 amide bonds. The molecule has 0 saturated carbocycles. The maximum Gasteiger partial charge on any atom is 0.328 e. The minimum Gasteiger partial charge on any atom is -0.490 e. The number of hydrogen-bond acceptors (Lipinski definition) is 3. The van der Waals surface area contributed by atoms with Crippen LogP contribution in [0.1, 0.15) is 25.8 Å². The molecule has 4 nitrogen and oxygen atoms in total. The summed E-state index contributed by atoms with van der Waals surface area (Å²) >= 11 is 2.16. The molecule has 1 N–H and O–H groups in total. The molecule has 19 heavy (non-hydrogen) atoms. The lowest BCUT2D eigenvalue weighted by atomic mass is 10.2. The molecule has 0 unspecified atom stereocenters. The Morgan fingerprint density at radius 2 is 2.11 bits per heavy atom. The molecule has 0 heterocycles. The third kappa shape index (κ3) is 5.10. The largest absolute Gasteiger partial charge is 0.490 e. The number of aliphatic carboxylic acids is 1. The molecule has 0 atom stereocenters. The fourth-order valence-electron chi connectivity index (χ4n) is 1.46. The van der Waals surface area contributed by atoms with Gasteiger partial charge >= 0.3 is 5.97 Å². The maximum absolute atomic E-state index is 10.5. The fourth-order valence-corrected chi connectivity index (χ4v) is 2.24. The van der Waals surface area contributed by atoms with Crippen LogP contribution >= 0.6 is 22.6 Å². The summed E-state index contributed by atoms with van der Waals surface area (Å²) in [4.78, 5) is 10.5. The van der Waals surface area contributed by atoms with Crippen molar-refractivity contribution < 1.29 is 19.4 Å². The molecule has 0 aliphatic heterocycles. The molecular formula is C14H17IO4. The fraction of sp³-hybridized carbons (Fsp3) is 0.357. The Morgan fingerprint density at radius 1 is 1.37 bits per heavy atom. The summed E-state index contributed by atoms with van der Waals surface area (Å²) < 4.78 is 12.1. The van der Waals surface area contributed by atoms with Crippen molar-refractivity contribution in [3.63, 3.8) is 0 Å². The minimum atomic E-state index is -0.973. The lowest BCUT2D eigenvalue weighted by Crippen LogP contribution is -2.02. The highest BCUT2D eigenvalue weighted by molar-refractivity contribution is 14.1. The van der Waals surface area contributed by atoms with Crippen LogP contribution in [0.15, 0.2) is 18.2 Å². The van der Waals surface area contributed by atoms with Crippen molar-refractivity contribution in [2.75, 3.05) is 13.2 Å². The minimum absolute atomic E-state index is 0.532. The number of hydrogen-bond donors (Lipinski definition) is 1. The van der Waals surface area contributed by atoms with Gasteiger partial charge in [-0.15, -0.1) is 0 Å². The van der Waals surface area contributed by atoms with Gasteiger partial charge in [0.25, 0.3) is 0 Å². The smallest absolute Gasteiger partial charge is 0.328 e. The van der Waals surface area contributed by atoms with E-state index in [1.807, 2.05) is 19.9 Å². The first-order valence-electron chi connectivity index (χ1n) is 6.08. The normalized spacial score (nSPS) is 10.7. The molecule has 0 aliphatic rings. The van der Waals surface area contributed by atoms with Gasteiger partial charge in [0.1, 0.15) is 0 Å². The molecule has 0 fully saturated rings. The molecule has 104 valence electrons. The summed E-state index contributed by atoms with van der Waals surface area (Å²) in [5, 5.41) is 8.64. The van der Waals surface area contributed by atoms with Gasteiger partial charge in [-0.2, -0.15) is 0 Å². The number of carboxylic acids is 1. The summed E-state index contributed by atoms with van der Waals surface area (Å²) in [7, 11) is 0. The van der Waals surface area contributed by atoms with Gasteiger partial charge in [-0.05, 0) is 59.7 Å². The van der Waals surface area contributed by atoms with Crippen molar-refractivity contribution in [2.24, 2.45) is 0 Å². The number of benzene rings is 1. The second-order valence-corrected chi connectivity index (χ2v) is 4.95. The number of rotatable bonds is 7. The van der Waals surface area contributed by atoms with E-state index in [4.69, 9.17) is 14.6 Å². The van der Waals surface area contributed by atoms with E-state index in [0.29, 0.717) is 19.0 Å². The monoisotopic (exact) mass is 376 g/mol. The molecule has 0 aliphatic carbocycles. The second kappa shape index (κ2) is 8.04. The number of halogens is 1. The highest BCUT2D eigenvalue weighted by Crippen LogP contribution is 2.34. The zero-order valence-corrected chi connectivity index (χ0v) is 13.1. The average Bonchev–Trinajstić information content (AvgIpc) is 2.36. The summed E-state index contributed by atoms with van der Waals surface area (Å²) in [5.41, 5.74) is 0.777. The van der Waals surface area contributed by atoms with E-state index in [1.54, 1.807) is 6.07 Å². The van der Waals surface area contributed by atoms with Crippen LogP contribution in [0.25, 0.3) is 6.08 Å². The van der Waals surface area contributed by atoms with E-state index in [9.17, 15) is 4.79 Å². The Labute approximate surface area is 126 Å². The van der Waals surface area contributed by atoms with E-state index in [-0.39, 0.29) is 0 Å². The highest BCUT2D eigenvalue weighted by atomic mass is 127. The lowest BCUT2D eigenvalue weighted by molar-refractivity contribution is -0.131. The standard InChI is InChI=1S/C14H17IO4/c1-3-7-19-14-11(15)8-10(5-6-13(16)17)9-12(14)18-4-2/h5-6,8-9H,3-4,7H2,1-2H3,(H,16,17). The first-order chi connectivity index (χ1) is 9.08. The van der Waals surface area contributed by atoms with Crippen molar-refractivity contribution in [3.8, 4) is 11.5 Å². The predicted molar refractivity (Wildman–Crippen MR) is 82.8 cm³/mol. The van der Waals surface area contributed by atoms with Crippen molar-refractivity contribution in [3.05, 3.63) is 27.3 Å². The second-order valence-electron chi connectivity index (χ2n) is 3.78. The molecule has 0 bridgehead atoms. The van der Waals surface area contributed by atoms with Crippen molar-refractivity contribution >= 4 is 34.6 Å². The van der Waals surface area contributed by atoms with Gasteiger partial charge in [-0.1, -0.05) is 6.92 Å². The van der Waals surface area contributed by atoms with Gasteiger partial charge in [0.2, 0.25) is 0 Å². The Kier molecular flexibility index (Phi) is 6.69. The Hall–Kier alpha value is -1.24. The van der Waals surface area contributed by atoms with Crippen LogP contribution in [0.4, 0.5) is 0 Å². The van der Waals surface area contributed by atoms with Gasteiger partial charge in [-0.25, -0.2) is 4.79 Å². The number of ether oxygens (including phenoxy) is 2. The molecule has 5 heteroatoms. The third-order valence-corrected chi connectivity index (χ3v) is 3.00. The molecule has 0 saturated heterocycles. The summed E-state index contributed by atoms with van der Waals surface area (Å²) in [6, 6.07) is 3.66. The maximum atomic E-state index is 10.5. The van der Waals surface area contributed by atoms with Crippen molar-refractivity contribution in [1.82, 2.24) is 0 Å². The van der Waals surface area contributed by atoms with Crippen molar-refractivity contribution in [1.29, 1.82) is 0 Å². The van der Waals surface area contributed by atoms with Crippen LogP contribution in [0.5, 0.6) is 11.5 Å². The Morgan fingerprint density at radius 3 is 2.68 bits per heavy atom. The van der Waals surface area contributed by atoms with E-state index in [2.05, 4.69) is 22.6 Å². The third-order valence-electron chi connectivity index (χ3n) is 2.20. The molecule has 0 spiro atoms. The molecule has 1 aromatic carbocycles. The first-order valence-corrected chi connectivity index (χ1v) is 7.16. The van der Waals surface area contributed by atoms with Crippen LogP contribution < -0.4 is 9.47 Å². The highest BCUT2D eigenvalue weighted by Gasteiger charge is 2.11. The summed E-state index contributed by atoms with van der Waals surface area (Å²) in [6.07, 6.45) is 3.56. The van der Waals surface area contributed by atoms with Crippen LogP contribution in [-0.4, -0.2) is 24.3 Å². The average molecular weight is 376 g/mol. The van der Waals surface area contributed by atoms with Gasteiger partial charge in [-0.3, -0.25) is 0 Å². The summed E-state index contributed by atoms with van der Waals surface area (Å²) in [6.45, 7) is 5.10. The van der Waals surface area contributed by atoms with Gasteiger partial charge in [0, 0.05) is 6.08 Å². The van der Waals surface area contributed by atoms with Crippen molar-refractivity contribution in [2.45, 2.75) is 20.3 Å². The van der Waals surface area contributed by atoms with Gasteiger partial charge in [0.05, 0.1) is 16.8 Å². The first kappa shape index (κ1) is 15.8.